The van der Waals surface area contributed by atoms with Gasteiger partial charge in [-0.25, -0.2) is 9.37 Å². The van der Waals surface area contributed by atoms with E-state index in [0.29, 0.717) is 18.8 Å². The average Bonchev–Trinajstić information content (AvgIpc) is 2.66. The lowest BCUT2D eigenvalue weighted by Gasteiger charge is -2.34. The second-order valence-electron chi connectivity index (χ2n) is 6.84. The molecule has 7 heteroatoms. The molecular formula is C21H26FN3O2S. The summed E-state index contributed by atoms with van der Waals surface area (Å²) < 4.78 is 18.9. The zero-order valence-corrected chi connectivity index (χ0v) is 17.3. The van der Waals surface area contributed by atoms with Crippen LogP contribution in [-0.4, -0.2) is 42.4 Å². The molecule has 1 saturated heterocycles. The Morgan fingerprint density at radius 2 is 2.25 bits per heavy atom. The largest absolute Gasteiger partial charge is 0.377 e. The monoisotopic (exact) mass is 403 g/mol. The summed E-state index contributed by atoms with van der Waals surface area (Å²) in [7, 11) is 0. The number of nitrogens with one attached hydrogen (secondary N) is 1. The third-order valence-corrected chi connectivity index (χ3v) is 5.54. The summed E-state index contributed by atoms with van der Waals surface area (Å²) in [5.74, 6) is 1.20. The fourth-order valence-corrected chi connectivity index (χ4v) is 4.11. The predicted octanol–water partition coefficient (Wildman–Crippen LogP) is 3.80. The number of anilines is 1. The second-order valence-corrected chi connectivity index (χ2v) is 8.09. The Hall–Kier alpha value is -2.12. The Morgan fingerprint density at radius 1 is 1.43 bits per heavy atom. The Bertz CT molecular complexity index is 846. The first kappa shape index (κ1) is 20.6. The number of nitrogens with zero attached hydrogens (tertiary/aromatic N) is 2. The second kappa shape index (κ2) is 9.39. The van der Waals surface area contributed by atoms with Crippen molar-refractivity contribution in [3.63, 3.8) is 0 Å². The van der Waals surface area contributed by atoms with E-state index in [-0.39, 0.29) is 24.3 Å². The number of carbonyl (C=O) groups excluding carboxylic acids is 1. The number of morpholine rings is 1. The van der Waals surface area contributed by atoms with Crippen molar-refractivity contribution in [2.45, 2.75) is 38.4 Å². The van der Waals surface area contributed by atoms with Crippen molar-refractivity contribution in [2.24, 2.45) is 0 Å². The van der Waals surface area contributed by atoms with Gasteiger partial charge in [0.05, 0.1) is 24.8 Å². The molecule has 0 radical (unpaired) electrons. The third kappa shape index (κ3) is 4.83. The molecule has 1 aromatic heterocycles. The van der Waals surface area contributed by atoms with Crippen LogP contribution in [0.25, 0.3) is 0 Å². The lowest BCUT2D eigenvalue weighted by Crippen LogP contribution is -2.44. The van der Waals surface area contributed by atoms with E-state index < -0.39 is 0 Å². The fourth-order valence-electron chi connectivity index (χ4n) is 3.28. The zero-order chi connectivity index (χ0) is 20.1. The number of rotatable bonds is 6. The molecule has 1 atom stereocenters. The van der Waals surface area contributed by atoms with Crippen molar-refractivity contribution < 1.29 is 13.9 Å². The third-order valence-electron chi connectivity index (χ3n) is 4.68. The molecule has 3 rings (SSSR count). The topological polar surface area (TPSA) is 54.5 Å². The number of ether oxygens (including phenoxy) is 1. The predicted molar refractivity (Wildman–Crippen MR) is 111 cm³/mol. The van der Waals surface area contributed by atoms with Crippen LogP contribution in [0.5, 0.6) is 0 Å². The summed E-state index contributed by atoms with van der Waals surface area (Å²) in [6, 6.07) is 8.46. The maximum Gasteiger partial charge on any atom is 0.254 e. The van der Waals surface area contributed by atoms with Crippen molar-refractivity contribution in [1.29, 1.82) is 0 Å². The zero-order valence-electron chi connectivity index (χ0n) is 16.5. The number of aromatic nitrogens is 1. The van der Waals surface area contributed by atoms with Crippen LogP contribution in [0.15, 0.2) is 35.4 Å². The molecule has 150 valence electrons. The number of pyridine rings is 1. The molecule has 1 aromatic carbocycles. The lowest BCUT2D eigenvalue weighted by atomic mass is 10.1. The lowest BCUT2D eigenvalue weighted by molar-refractivity contribution is 0.0945. The number of amides is 1. The Kier molecular flexibility index (Phi) is 6.91. The van der Waals surface area contributed by atoms with E-state index >= 15 is 0 Å². The van der Waals surface area contributed by atoms with Crippen LogP contribution in [0, 0.1) is 12.7 Å². The van der Waals surface area contributed by atoms with E-state index in [1.54, 1.807) is 23.9 Å². The minimum atomic E-state index is -0.309. The molecule has 1 aliphatic rings. The van der Waals surface area contributed by atoms with Crippen LogP contribution < -0.4 is 10.2 Å². The molecule has 0 spiro atoms. The summed E-state index contributed by atoms with van der Waals surface area (Å²) in [6.07, 6.45) is 0. The summed E-state index contributed by atoms with van der Waals surface area (Å²) in [5, 5.41) is 3.63. The standard InChI is InChI=1S/C21H26FN3O2S/c1-4-28-21-19(20(26)23-12-16-6-5-7-17(22)11-16)14(2)10-18(24-21)25-8-9-27-13-15(25)3/h5-7,10-11,15H,4,8-9,12-13H2,1-3H3,(H,23,26)/t15-/m0/s1. The minimum absolute atomic E-state index is 0.188. The van der Waals surface area contributed by atoms with Gasteiger partial charge in [-0.1, -0.05) is 19.1 Å². The number of carbonyl (C=O) groups is 1. The normalized spacial score (nSPS) is 16.9. The molecule has 1 amide bonds. The highest BCUT2D eigenvalue weighted by Crippen LogP contribution is 2.29. The highest BCUT2D eigenvalue weighted by Gasteiger charge is 2.24. The van der Waals surface area contributed by atoms with Crippen LogP contribution in [0.2, 0.25) is 0 Å². The number of hydrogen-bond acceptors (Lipinski definition) is 5. The van der Waals surface area contributed by atoms with Gasteiger partial charge >= 0.3 is 0 Å². The Morgan fingerprint density at radius 3 is 2.96 bits per heavy atom. The summed E-state index contributed by atoms with van der Waals surface area (Å²) in [5.41, 5.74) is 2.20. The van der Waals surface area contributed by atoms with Crippen LogP contribution in [0.1, 0.15) is 35.3 Å². The van der Waals surface area contributed by atoms with E-state index in [1.165, 1.54) is 12.1 Å². The molecule has 0 unspecified atom stereocenters. The SMILES string of the molecule is CCSc1nc(N2CCOC[C@@H]2C)cc(C)c1C(=O)NCc1cccc(F)c1. The van der Waals surface area contributed by atoms with Crippen molar-refractivity contribution in [1.82, 2.24) is 10.3 Å². The molecule has 1 fully saturated rings. The van der Waals surface area contributed by atoms with Crippen LogP contribution in [-0.2, 0) is 11.3 Å². The van der Waals surface area contributed by atoms with Crippen molar-refractivity contribution >= 4 is 23.5 Å². The minimum Gasteiger partial charge on any atom is -0.377 e. The number of thioether (sulfide) groups is 1. The quantitative estimate of drug-likeness (QED) is 0.744. The van der Waals surface area contributed by atoms with E-state index in [2.05, 4.69) is 17.1 Å². The molecule has 0 saturated carbocycles. The van der Waals surface area contributed by atoms with Gasteiger partial charge in [0.15, 0.2) is 0 Å². The summed E-state index contributed by atoms with van der Waals surface area (Å²) in [4.78, 5) is 19.9. The van der Waals surface area contributed by atoms with Gasteiger partial charge in [-0.05, 0) is 48.9 Å². The van der Waals surface area contributed by atoms with E-state index in [0.717, 1.165) is 34.3 Å². The van der Waals surface area contributed by atoms with Gasteiger partial charge in [0.25, 0.3) is 5.91 Å². The van der Waals surface area contributed by atoms with E-state index in [9.17, 15) is 9.18 Å². The maximum atomic E-state index is 13.4. The Labute approximate surface area is 169 Å². The smallest absolute Gasteiger partial charge is 0.254 e. The molecule has 2 heterocycles. The van der Waals surface area contributed by atoms with Gasteiger partial charge in [0, 0.05) is 13.1 Å². The van der Waals surface area contributed by atoms with Crippen molar-refractivity contribution in [3.05, 3.63) is 52.8 Å². The number of benzene rings is 1. The molecule has 1 aliphatic heterocycles. The van der Waals surface area contributed by atoms with Gasteiger partial charge in [-0.2, -0.15) is 0 Å². The molecule has 1 N–H and O–H groups in total. The highest BCUT2D eigenvalue weighted by molar-refractivity contribution is 7.99. The number of halogens is 1. The molecular weight excluding hydrogens is 377 g/mol. The van der Waals surface area contributed by atoms with E-state index in [4.69, 9.17) is 9.72 Å². The summed E-state index contributed by atoms with van der Waals surface area (Å²) in [6.45, 7) is 8.50. The number of aryl methyl sites for hydroxylation is 1. The van der Waals surface area contributed by atoms with Gasteiger partial charge in [0.1, 0.15) is 16.7 Å². The van der Waals surface area contributed by atoms with Crippen LogP contribution in [0.4, 0.5) is 10.2 Å². The van der Waals surface area contributed by atoms with Crippen molar-refractivity contribution in [3.8, 4) is 0 Å². The molecule has 2 aromatic rings. The first-order valence-corrected chi connectivity index (χ1v) is 10.5. The Balaban J connectivity index is 1.83. The number of hydrogen-bond donors (Lipinski definition) is 1. The van der Waals surface area contributed by atoms with Crippen LogP contribution in [0.3, 0.4) is 0 Å². The first-order chi connectivity index (χ1) is 13.5. The van der Waals surface area contributed by atoms with Crippen molar-refractivity contribution in [2.75, 3.05) is 30.4 Å². The van der Waals surface area contributed by atoms with Gasteiger partial charge < -0.3 is 15.0 Å². The summed E-state index contributed by atoms with van der Waals surface area (Å²) >= 11 is 1.56. The van der Waals surface area contributed by atoms with Gasteiger partial charge in [-0.3, -0.25) is 4.79 Å². The molecule has 0 bridgehead atoms. The first-order valence-electron chi connectivity index (χ1n) is 9.51. The van der Waals surface area contributed by atoms with Gasteiger partial charge in [0.2, 0.25) is 0 Å². The molecule has 5 nitrogen and oxygen atoms in total. The molecule has 28 heavy (non-hydrogen) atoms. The highest BCUT2D eigenvalue weighted by atomic mass is 32.2. The molecule has 0 aliphatic carbocycles. The fraction of sp³-hybridized carbons (Fsp3) is 0.429. The van der Waals surface area contributed by atoms with E-state index in [1.807, 2.05) is 19.9 Å². The average molecular weight is 404 g/mol. The maximum absolute atomic E-state index is 13.4. The van der Waals surface area contributed by atoms with Gasteiger partial charge in [-0.15, -0.1) is 11.8 Å². The van der Waals surface area contributed by atoms with Crippen LogP contribution >= 0.6 is 11.8 Å².